The summed E-state index contributed by atoms with van der Waals surface area (Å²) in [6, 6.07) is 13.2. The van der Waals surface area contributed by atoms with Gasteiger partial charge in [0.25, 0.3) is 0 Å². The van der Waals surface area contributed by atoms with E-state index in [4.69, 9.17) is 4.74 Å². The van der Waals surface area contributed by atoms with E-state index < -0.39 is 0 Å². The number of hydrogen-bond donors (Lipinski definition) is 1. The maximum atomic E-state index is 11.7. The molecule has 1 heterocycles. The number of aliphatic hydroxyl groups excluding tert-OH is 1. The van der Waals surface area contributed by atoms with Gasteiger partial charge < -0.3 is 14.4 Å². The third kappa shape index (κ3) is 3.03. The zero-order valence-electron chi connectivity index (χ0n) is 13.8. The molecule has 0 unspecified atom stereocenters. The fraction of sp³-hybridized carbons (Fsp3) is 0.263. The van der Waals surface area contributed by atoms with E-state index >= 15 is 0 Å². The van der Waals surface area contributed by atoms with E-state index in [-0.39, 0.29) is 12.4 Å². The van der Waals surface area contributed by atoms with Gasteiger partial charge in [0.1, 0.15) is 18.2 Å². The molecule has 0 bridgehead atoms. The molecule has 124 valence electrons. The second-order valence-corrected chi connectivity index (χ2v) is 5.57. The van der Waals surface area contributed by atoms with Crippen LogP contribution in [-0.4, -0.2) is 27.0 Å². The number of aromatic nitrogens is 2. The van der Waals surface area contributed by atoms with Crippen molar-refractivity contribution < 1.29 is 14.6 Å². The number of rotatable bonds is 6. The minimum absolute atomic E-state index is 0.0113. The quantitative estimate of drug-likeness (QED) is 0.707. The molecule has 0 saturated carbocycles. The van der Waals surface area contributed by atoms with Gasteiger partial charge in [0, 0.05) is 11.1 Å². The van der Waals surface area contributed by atoms with Crippen molar-refractivity contribution in [3.63, 3.8) is 0 Å². The molecule has 5 nitrogen and oxygen atoms in total. The normalized spacial score (nSPS) is 11.0. The summed E-state index contributed by atoms with van der Waals surface area (Å²) in [5, 5.41) is 9.64. The highest BCUT2D eigenvalue weighted by atomic mass is 16.5. The highest BCUT2D eigenvalue weighted by molar-refractivity contribution is 5.94. The van der Waals surface area contributed by atoms with Gasteiger partial charge in [-0.25, -0.2) is 4.98 Å². The number of para-hydroxylation sites is 2. The Hall–Kier alpha value is -2.66. The Morgan fingerprint density at radius 3 is 2.75 bits per heavy atom. The monoisotopic (exact) mass is 324 g/mol. The van der Waals surface area contributed by atoms with Gasteiger partial charge in [-0.3, -0.25) is 4.79 Å². The van der Waals surface area contributed by atoms with Crippen LogP contribution in [0, 0.1) is 0 Å². The van der Waals surface area contributed by atoms with Crippen molar-refractivity contribution >= 4 is 16.8 Å². The first-order valence-corrected chi connectivity index (χ1v) is 7.95. The molecule has 24 heavy (non-hydrogen) atoms. The van der Waals surface area contributed by atoms with Crippen LogP contribution in [0.5, 0.6) is 5.75 Å². The average molecular weight is 324 g/mol. The first kappa shape index (κ1) is 16.2. The number of aliphatic hydroxyl groups is 1. The second kappa shape index (κ2) is 6.84. The molecule has 0 aliphatic heterocycles. The molecular weight excluding hydrogens is 304 g/mol. The first-order valence-electron chi connectivity index (χ1n) is 7.95. The number of carbonyl (C=O) groups excluding carboxylic acids is 1. The topological polar surface area (TPSA) is 64.3 Å². The fourth-order valence-corrected chi connectivity index (χ4v) is 2.81. The molecule has 0 amide bonds. The van der Waals surface area contributed by atoms with E-state index in [9.17, 15) is 9.90 Å². The number of hydrogen-bond acceptors (Lipinski definition) is 4. The molecule has 2 aromatic carbocycles. The molecule has 0 aliphatic carbocycles. The molecular formula is C19H20N2O3. The van der Waals surface area contributed by atoms with Crippen LogP contribution in [-0.2, 0) is 13.2 Å². The Morgan fingerprint density at radius 1 is 1.25 bits per heavy atom. The molecule has 0 radical (unpaired) electrons. The Balaban J connectivity index is 2.10. The standard InChI is InChI=1S/C19H20N2O3/c1-3-24-18-9-8-14(13(2)23)10-15(18)11-21-17-7-5-4-6-16(17)20-19(21)12-22/h4-10,22H,3,11-12H2,1-2H3. The maximum Gasteiger partial charge on any atom is 0.159 e. The van der Waals surface area contributed by atoms with Crippen LogP contribution in [0.3, 0.4) is 0 Å². The van der Waals surface area contributed by atoms with Gasteiger partial charge in [-0.15, -0.1) is 0 Å². The minimum Gasteiger partial charge on any atom is -0.494 e. The van der Waals surface area contributed by atoms with Crippen molar-refractivity contribution in [2.24, 2.45) is 0 Å². The molecule has 3 aromatic rings. The molecule has 0 atom stereocenters. The summed E-state index contributed by atoms with van der Waals surface area (Å²) in [5.41, 5.74) is 3.31. The Bertz CT molecular complexity index is 883. The average Bonchev–Trinajstić information content (AvgIpc) is 2.94. The lowest BCUT2D eigenvalue weighted by atomic mass is 10.1. The Kier molecular flexibility index (Phi) is 4.62. The van der Waals surface area contributed by atoms with Gasteiger partial charge in [0.2, 0.25) is 0 Å². The van der Waals surface area contributed by atoms with Crippen molar-refractivity contribution in [3.05, 3.63) is 59.4 Å². The van der Waals surface area contributed by atoms with E-state index in [1.165, 1.54) is 0 Å². The van der Waals surface area contributed by atoms with Gasteiger partial charge in [0.15, 0.2) is 5.78 Å². The highest BCUT2D eigenvalue weighted by Gasteiger charge is 2.14. The molecule has 0 saturated heterocycles. The molecule has 1 N–H and O–H groups in total. The zero-order chi connectivity index (χ0) is 17.1. The van der Waals surface area contributed by atoms with E-state index in [1.54, 1.807) is 13.0 Å². The Morgan fingerprint density at radius 2 is 2.04 bits per heavy atom. The van der Waals surface area contributed by atoms with Crippen molar-refractivity contribution in [2.75, 3.05) is 6.61 Å². The van der Waals surface area contributed by atoms with Gasteiger partial charge in [-0.2, -0.15) is 0 Å². The summed E-state index contributed by atoms with van der Waals surface area (Å²) in [5.74, 6) is 1.34. The molecule has 0 spiro atoms. The van der Waals surface area contributed by atoms with Gasteiger partial charge in [-0.1, -0.05) is 12.1 Å². The lowest BCUT2D eigenvalue weighted by Crippen LogP contribution is -2.08. The number of imidazole rings is 1. The Labute approximate surface area is 140 Å². The summed E-state index contributed by atoms with van der Waals surface area (Å²) in [4.78, 5) is 16.2. The van der Waals surface area contributed by atoms with Crippen LogP contribution in [0.1, 0.15) is 35.6 Å². The third-order valence-electron chi connectivity index (χ3n) is 3.97. The predicted octanol–water partition coefficient (Wildman–Crippen LogP) is 3.18. The molecule has 5 heteroatoms. The highest BCUT2D eigenvalue weighted by Crippen LogP contribution is 2.25. The summed E-state index contributed by atoms with van der Waals surface area (Å²) in [6.07, 6.45) is 0. The van der Waals surface area contributed by atoms with E-state index in [2.05, 4.69) is 4.98 Å². The van der Waals surface area contributed by atoms with E-state index in [0.717, 1.165) is 22.3 Å². The van der Waals surface area contributed by atoms with Crippen LogP contribution >= 0.6 is 0 Å². The molecule has 1 aromatic heterocycles. The van der Waals surface area contributed by atoms with Crippen LogP contribution in [0.25, 0.3) is 11.0 Å². The number of nitrogens with zero attached hydrogens (tertiary/aromatic N) is 2. The summed E-state index contributed by atoms with van der Waals surface area (Å²) < 4.78 is 7.65. The van der Waals surface area contributed by atoms with Crippen molar-refractivity contribution in [1.82, 2.24) is 9.55 Å². The summed E-state index contributed by atoms with van der Waals surface area (Å²) >= 11 is 0. The third-order valence-corrected chi connectivity index (χ3v) is 3.97. The maximum absolute atomic E-state index is 11.7. The first-order chi connectivity index (χ1) is 11.6. The lowest BCUT2D eigenvalue weighted by Gasteiger charge is -2.14. The van der Waals surface area contributed by atoms with Crippen LogP contribution in [0.4, 0.5) is 0 Å². The molecule has 3 rings (SSSR count). The minimum atomic E-state index is -0.148. The van der Waals surface area contributed by atoms with E-state index in [1.807, 2.05) is 47.9 Å². The SMILES string of the molecule is CCOc1ccc(C(C)=O)cc1Cn1c(CO)nc2ccccc21. The number of carbonyl (C=O) groups is 1. The summed E-state index contributed by atoms with van der Waals surface area (Å²) in [6.45, 7) is 4.35. The lowest BCUT2D eigenvalue weighted by molar-refractivity contribution is 0.101. The van der Waals surface area contributed by atoms with Crippen LogP contribution < -0.4 is 4.74 Å². The largest absolute Gasteiger partial charge is 0.494 e. The summed E-state index contributed by atoms with van der Waals surface area (Å²) in [7, 11) is 0. The molecule has 0 aliphatic rings. The van der Waals surface area contributed by atoms with Crippen molar-refractivity contribution in [1.29, 1.82) is 0 Å². The van der Waals surface area contributed by atoms with Crippen LogP contribution in [0.15, 0.2) is 42.5 Å². The fourth-order valence-electron chi connectivity index (χ4n) is 2.81. The second-order valence-electron chi connectivity index (χ2n) is 5.57. The number of Topliss-reactive ketones (excluding diaryl/α,β-unsaturated/α-hetero) is 1. The van der Waals surface area contributed by atoms with Crippen LogP contribution in [0.2, 0.25) is 0 Å². The predicted molar refractivity (Wildman–Crippen MR) is 92.4 cm³/mol. The van der Waals surface area contributed by atoms with Crippen molar-refractivity contribution in [2.45, 2.75) is 27.0 Å². The number of benzene rings is 2. The zero-order valence-corrected chi connectivity index (χ0v) is 13.8. The smallest absolute Gasteiger partial charge is 0.159 e. The van der Waals surface area contributed by atoms with E-state index in [0.29, 0.717) is 24.5 Å². The van der Waals surface area contributed by atoms with Gasteiger partial charge in [0.05, 0.1) is 24.2 Å². The van der Waals surface area contributed by atoms with Gasteiger partial charge in [-0.05, 0) is 44.2 Å². The van der Waals surface area contributed by atoms with Gasteiger partial charge >= 0.3 is 0 Å². The molecule has 0 fully saturated rings. The number of ether oxygens (including phenoxy) is 1. The van der Waals surface area contributed by atoms with Crippen molar-refractivity contribution in [3.8, 4) is 5.75 Å². The number of fused-ring (bicyclic) bond motifs is 1. The number of ketones is 1.